The van der Waals surface area contributed by atoms with Gasteiger partial charge >= 0.3 is 0 Å². The molecule has 1 aromatic heterocycles. The molecule has 15 heavy (non-hydrogen) atoms. The fourth-order valence-electron chi connectivity index (χ4n) is 1.64. The van der Waals surface area contributed by atoms with Crippen LogP contribution in [0.5, 0.6) is 0 Å². The van der Waals surface area contributed by atoms with E-state index in [0.29, 0.717) is 12.5 Å². The van der Waals surface area contributed by atoms with Gasteiger partial charge in [-0.15, -0.1) is 0 Å². The van der Waals surface area contributed by atoms with Gasteiger partial charge in [0.25, 0.3) is 0 Å². The molecular weight excluding hydrogens is 206 g/mol. The van der Waals surface area contributed by atoms with Gasteiger partial charge in [0.1, 0.15) is 0 Å². The summed E-state index contributed by atoms with van der Waals surface area (Å²) in [4.78, 5) is 0. The van der Waals surface area contributed by atoms with Gasteiger partial charge in [0.05, 0.1) is 6.10 Å². The molecule has 0 fully saturated rings. The molecule has 0 bridgehead atoms. The zero-order valence-corrected chi connectivity index (χ0v) is 10.4. The van der Waals surface area contributed by atoms with Crippen LogP contribution in [0.25, 0.3) is 0 Å². The van der Waals surface area contributed by atoms with E-state index in [4.69, 9.17) is 0 Å². The molecule has 1 rings (SSSR count). The van der Waals surface area contributed by atoms with Crippen molar-refractivity contribution in [3.63, 3.8) is 0 Å². The quantitative estimate of drug-likeness (QED) is 0.750. The molecule has 86 valence electrons. The summed E-state index contributed by atoms with van der Waals surface area (Å²) in [5, 5.41) is 17.1. The second kappa shape index (κ2) is 6.99. The zero-order chi connectivity index (χ0) is 11.1. The average molecular weight is 227 g/mol. The zero-order valence-electron chi connectivity index (χ0n) is 9.57. The number of hydrogen-bond donors (Lipinski definition) is 2. The molecule has 0 aromatic carbocycles. The Balaban J connectivity index is 2.15. The maximum Gasteiger partial charge on any atom is 0.0922 e. The maximum absolute atomic E-state index is 9.80. The van der Waals surface area contributed by atoms with E-state index in [1.165, 1.54) is 12.8 Å². The predicted molar refractivity (Wildman–Crippen MR) is 66.2 cm³/mol. The van der Waals surface area contributed by atoms with E-state index in [1.54, 1.807) is 11.3 Å². The molecule has 0 radical (unpaired) electrons. The summed E-state index contributed by atoms with van der Waals surface area (Å²) in [6, 6.07) is 1.98. The number of aliphatic hydroxyl groups excluding tert-OH is 1. The fraction of sp³-hybridized carbons (Fsp3) is 0.667. The van der Waals surface area contributed by atoms with Gasteiger partial charge in [-0.25, -0.2) is 0 Å². The summed E-state index contributed by atoms with van der Waals surface area (Å²) in [7, 11) is 0. The van der Waals surface area contributed by atoms with E-state index in [9.17, 15) is 5.11 Å². The summed E-state index contributed by atoms with van der Waals surface area (Å²) in [5.41, 5.74) is 1.02. The molecule has 3 heteroatoms. The third-order valence-electron chi connectivity index (χ3n) is 2.54. The Kier molecular flexibility index (Phi) is 5.91. The van der Waals surface area contributed by atoms with Crippen LogP contribution < -0.4 is 5.32 Å². The Labute approximate surface area is 96.3 Å². The highest BCUT2D eigenvalue weighted by atomic mass is 32.1. The lowest BCUT2D eigenvalue weighted by Gasteiger charge is -2.14. The molecule has 0 spiro atoms. The van der Waals surface area contributed by atoms with Crippen molar-refractivity contribution in [2.24, 2.45) is 5.92 Å². The highest BCUT2D eigenvalue weighted by Gasteiger charge is 2.07. The Bertz CT molecular complexity index is 248. The van der Waals surface area contributed by atoms with Crippen LogP contribution in [0.2, 0.25) is 0 Å². The first-order valence-corrected chi connectivity index (χ1v) is 6.59. The van der Waals surface area contributed by atoms with Crippen LogP contribution in [-0.4, -0.2) is 18.2 Å². The van der Waals surface area contributed by atoms with E-state index in [2.05, 4.69) is 19.2 Å². The second-order valence-corrected chi connectivity index (χ2v) is 4.90. The van der Waals surface area contributed by atoms with Crippen molar-refractivity contribution >= 4 is 11.3 Å². The topological polar surface area (TPSA) is 32.3 Å². The van der Waals surface area contributed by atoms with Crippen molar-refractivity contribution in [1.29, 1.82) is 0 Å². The fourth-order valence-corrected chi connectivity index (χ4v) is 2.35. The summed E-state index contributed by atoms with van der Waals surface area (Å²) in [6.45, 7) is 6.10. The van der Waals surface area contributed by atoms with Crippen molar-refractivity contribution in [3.05, 3.63) is 22.4 Å². The van der Waals surface area contributed by atoms with Crippen LogP contribution in [0.4, 0.5) is 0 Å². The van der Waals surface area contributed by atoms with Gasteiger partial charge in [-0.2, -0.15) is 11.3 Å². The van der Waals surface area contributed by atoms with E-state index in [-0.39, 0.29) is 6.10 Å². The molecule has 0 saturated heterocycles. The minimum absolute atomic E-state index is 0.356. The average Bonchev–Trinajstić information content (AvgIpc) is 2.70. The van der Waals surface area contributed by atoms with Gasteiger partial charge in [0.2, 0.25) is 0 Å². The van der Waals surface area contributed by atoms with Crippen molar-refractivity contribution < 1.29 is 5.11 Å². The molecule has 0 aliphatic rings. The van der Waals surface area contributed by atoms with Crippen LogP contribution in [-0.2, 0) is 0 Å². The number of rotatable bonds is 7. The van der Waals surface area contributed by atoms with E-state index in [1.807, 2.05) is 16.8 Å². The van der Waals surface area contributed by atoms with Gasteiger partial charge in [-0.3, -0.25) is 0 Å². The molecule has 2 unspecified atom stereocenters. The first-order valence-electron chi connectivity index (χ1n) is 5.65. The molecular formula is C12H21NOS. The first kappa shape index (κ1) is 12.7. The minimum Gasteiger partial charge on any atom is -0.387 e. The van der Waals surface area contributed by atoms with Gasteiger partial charge < -0.3 is 10.4 Å². The number of thiophene rings is 1. The normalized spacial score (nSPS) is 15.1. The Hall–Kier alpha value is -0.380. The SMILES string of the molecule is CCCC(C)CNCC(O)c1ccsc1. The molecule has 2 N–H and O–H groups in total. The highest BCUT2D eigenvalue weighted by Crippen LogP contribution is 2.15. The van der Waals surface area contributed by atoms with E-state index >= 15 is 0 Å². The second-order valence-electron chi connectivity index (χ2n) is 4.12. The third kappa shape index (κ3) is 4.78. The molecule has 0 amide bonds. The molecule has 2 atom stereocenters. The molecule has 2 nitrogen and oxygen atoms in total. The smallest absolute Gasteiger partial charge is 0.0922 e. The van der Waals surface area contributed by atoms with E-state index < -0.39 is 0 Å². The Morgan fingerprint density at radius 2 is 2.27 bits per heavy atom. The number of aliphatic hydroxyl groups is 1. The lowest BCUT2D eigenvalue weighted by atomic mass is 10.1. The molecule has 0 aliphatic carbocycles. The van der Waals surface area contributed by atoms with Crippen molar-refractivity contribution in [3.8, 4) is 0 Å². The molecule has 0 aliphatic heterocycles. The summed E-state index contributed by atoms with van der Waals surface area (Å²) >= 11 is 1.63. The van der Waals surface area contributed by atoms with Crippen LogP contribution in [0.1, 0.15) is 38.4 Å². The third-order valence-corrected chi connectivity index (χ3v) is 3.24. The predicted octanol–water partition coefficient (Wildman–Crippen LogP) is 2.81. The highest BCUT2D eigenvalue weighted by molar-refractivity contribution is 7.07. The summed E-state index contributed by atoms with van der Waals surface area (Å²) in [6.07, 6.45) is 2.13. The van der Waals surface area contributed by atoms with Crippen molar-refractivity contribution in [1.82, 2.24) is 5.32 Å². The largest absolute Gasteiger partial charge is 0.387 e. The monoisotopic (exact) mass is 227 g/mol. The van der Waals surface area contributed by atoms with Crippen LogP contribution >= 0.6 is 11.3 Å². The first-order chi connectivity index (χ1) is 7.24. The van der Waals surface area contributed by atoms with Gasteiger partial charge in [0.15, 0.2) is 0 Å². The Morgan fingerprint density at radius 3 is 2.87 bits per heavy atom. The Morgan fingerprint density at radius 1 is 1.47 bits per heavy atom. The van der Waals surface area contributed by atoms with E-state index in [0.717, 1.165) is 12.1 Å². The standard InChI is InChI=1S/C12H21NOS/c1-3-4-10(2)7-13-8-12(14)11-5-6-15-9-11/h5-6,9-10,12-14H,3-4,7-8H2,1-2H3. The number of hydrogen-bond acceptors (Lipinski definition) is 3. The van der Waals surface area contributed by atoms with Crippen molar-refractivity contribution in [2.45, 2.75) is 32.8 Å². The summed E-state index contributed by atoms with van der Waals surface area (Å²) in [5.74, 6) is 0.699. The van der Waals surface area contributed by atoms with Crippen LogP contribution in [0.15, 0.2) is 16.8 Å². The molecule has 1 aromatic rings. The van der Waals surface area contributed by atoms with Crippen molar-refractivity contribution in [2.75, 3.05) is 13.1 Å². The number of nitrogens with one attached hydrogen (secondary N) is 1. The summed E-state index contributed by atoms with van der Waals surface area (Å²) < 4.78 is 0. The van der Waals surface area contributed by atoms with Gasteiger partial charge in [-0.05, 0) is 41.3 Å². The van der Waals surface area contributed by atoms with Gasteiger partial charge in [-0.1, -0.05) is 20.3 Å². The van der Waals surface area contributed by atoms with Crippen LogP contribution in [0.3, 0.4) is 0 Å². The lowest BCUT2D eigenvalue weighted by Crippen LogP contribution is -2.26. The molecule has 0 saturated carbocycles. The lowest BCUT2D eigenvalue weighted by molar-refractivity contribution is 0.173. The van der Waals surface area contributed by atoms with Gasteiger partial charge in [0, 0.05) is 6.54 Å². The van der Waals surface area contributed by atoms with Crippen LogP contribution in [0, 0.1) is 5.92 Å². The minimum atomic E-state index is -0.356. The maximum atomic E-state index is 9.80. The molecule has 1 heterocycles.